The van der Waals surface area contributed by atoms with Gasteiger partial charge in [0.25, 0.3) is 0 Å². The number of rotatable bonds is 6. The molecule has 0 bridgehead atoms. The molecule has 2 rings (SSSR count). The molecular formula is C16H15ClF2N2OS. The lowest BCUT2D eigenvalue weighted by atomic mass is 10.3. The summed E-state index contributed by atoms with van der Waals surface area (Å²) in [6.07, 6.45) is 0.757. The molecule has 0 saturated carbocycles. The quantitative estimate of drug-likeness (QED) is 0.569. The number of hydrogen-bond acceptors (Lipinski definition) is 2. The van der Waals surface area contributed by atoms with Gasteiger partial charge in [-0.15, -0.1) is 11.8 Å². The Morgan fingerprint density at radius 1 is 1.09 bits per heavy atom. The highest BCUT2D eigenvalue weighted by molar-refractivity contribution is 7.99. The van der Waals surface area contributed by atoms with Crippen molar-refractivity contribution in [2.75, 3.05) is 17.6 Å². The van der Waals surface area contributed by atoms with Crippen molar-refractivity contribution in [2.24, 2.45) is 0 Å². The van der Waals surface area contributed by atoms with Crippen LogP contribution in [0.25, 0.3) is 0 Å². The number of halogens is 3. The third-order valence-electron chi connectivity index (χ3n) is 2.87. The van der Waals surface area contributed by atoms with Gasteiger partial charge in [0.15, 0.2) is 0 Å². The Kier molecular flexibility index (Phi) is 6.67. The molecule has 0 heterocycles. The molecule has 3 nitrogen and oxygen atoms in total. The van der Waals surface area contributed by atoms with Gasteiger partial charge in [0.05, 0.1) is 10.7 Å². The predicted octanol–water partition coefficient (Wildman–Crippen LogP) is 4.92. The second-order valence-corrected chi connectivity index (χ2v) is 6.24. The van der Waals surface area contributed by atoms with E-state index in [1.54, 1.807) is 23.9 Å². The van der Waals surface area contributed by atoms with E-state index in [1.807, 2.05) is 0 Å². The minimum atomic E-state index is -0.459. The Morgan fingerprint density at radius 2 is 1.78 bits per heavy atom. The Balaban J connectivity index is 1.65. The van der Waals surface area contributed by atoms with E-state index in [9.17, 15) is 13.6 Å². The standard InChI is InChI=1S/C16H15ClF2N2OS/c17-14-10-12(19)4-7-15(14)21-16(22)20-8-1-9-23-13-5-2-11(18)3-6-13/h2-7,10H,1,8-9H2,(H2,20,21,22). The van der Waals surface area contributed by atoms with Gasteiger partial charge in [0.1, 0.15) is 11.6 Å². The maximum atomic E-state index is 12.9. The molecule has 0 radical (unpaired) electrons. The zero-order valence-electron chi connectivity index (χ0n) is 12.1. The molecule has 2 aromatic rings. The molecule has 0 saturated heterocycles. The molecule has 7 heteroatoms. The van der Waals surface area contributed by atoms with Crippen molar-refractivity contribution in [1.29, 1.82) is 0 Å². The smallest absolute Gasteiger partial charge is 0.319 e. The van der Waals surface area contributed by atoms with Crippen LogP contribution in [0.5, 0.6) is 0 Å². The van der Waals surface area contributed by atoms with Gasteiger partial charge >= 0.3 is 6.03 Å². The van der Waals surface area contributed by atoms with Gasteiger partial charge in [-0.1, -0.05) is 11.6 Å². The summed E-state index contributed by atoms with van der Waals surface area (Å²) in [6.45, 7) is 0.485. The van der Waals surface area contributed by atoms with Crippen molar-refractivity contribution in [2.45, 2.75) is 11.3 Å². The van der Waals surface area contributed by atoms with Crippen LogP contribution in [0.3, 0.4) is 0 Å². The zero-order chi connectivity index (χ0) is 16.7. The molecule has 0 spiro atoms. The summed E-state index contributed by atoms with van der Waals surface area (Å²) in [5.41, 5.74) is 0.353. The second kappa shape index (κ2) is 8.74. The Bertz CT molecular complexity index is 668. The summed E-state index contributed by atoms with van der Waals surface area (Å²) in [7, 11) is 0. The molecule has 2 N–H and O–H groups in total. The van der Waals surface area contributed by atoms with Gasteiger partial charge in [-0.2, -0.15) is 0 Å². The molecule has 0 aliphatic rings. The number of carbonyl (C=O) groups is 1. The summed E-state index contributed by atoms with van der Waals surface area (Å²) in [6, 6.07) is 9.64. The van der Waals surface area contributed by atoms with E-state index >= 15 is 0 Å². The van der Waals surface area contributed by atoms with Crippen LogP contribution in [0, 0.1) is 11.6 Å². The van der Waals surface area contributed by atoms with E-state index < -0.39 is 11.8 Å². The fourth-order valence-corrected chi connectivity index (χ4v) is 2.82. The molecular weight excluding hydrogens is 342 g/mol. The third-order valence-corrected chi connectivity index (χ3v) is 4.28. The number of hydrogen-bond donors (Lipinski definition) is 2. The van der Waals surface area contributed by atoms with Crippen molar-refractivity contribution in [3.8, 4) is 0 Å². The van der Waals surface area contributed by atoms with Crippen LogP contribution in [0.2, 0.25) is 5.02 Å². The fourth-order valence-electron chi connectivity index (χ4n) is 1.75. The van der Waals surface area contributed by atoms with Gasteiger partial charge in [-0.05, 0) is 54.6 Å². The molecule has 2 aromatic carbocycles. The van der Waals surface area contributed by atoms with E-state index in [0.29, 0.717) is 12.2 Å². The summed E-state index contributed by atoms with van der Waals surface area (Å²) >= 11 is 7.41. The van der Waals surface area contributed by atoms with Gasteiger partial charge in [-0.3, -0.25) is 0 Å². The van der Waals surface area contributed by atoms with E-state index in [1.165, 1.54) is 24.3 Å². The minimum Gasteiger partial charge on any atom is -0.338 e. The van der Waals surface area contributed by atoms with Crippen LogP contribution in [0.15, 0.2) is 47.4 Å². The molecule has 0 aromatic heterocycles. The third kappa shape index (κ3) is 6.08. The summed E-state index contributed by atoms with van der Waals surface area (Å²) in [5, 5.41) is 5.39. The number of carbonyl (C=O) groups excluding carboxylic acids is 1. The van der Waals surface area contributed by atoms with Crippen molar-refractivity contribution in [3.63, 3.8) is 0 Å². The largest absolute Gasteiger partial charge is 0.338 e. The van der Waals surface area contributed by atoms with Crippen molar-refractivity contribution in [3.05, 3.63) is 59.1 Å². The molecule has 122 valence electrons. The minimum absolute atomic E-state index is 0.145. The molecule has 2 amide bonds. The van der Waals surface area contributed by atoms with Gasteiger partial charge < -0.3 is 10.6 Å². The Labute approximate surface area is 142 Å². The first-order chi connectivity index (χ1) is 11.0. The van der Waals surface area contributed by atoms with Crippen molar-refractivity contribution in [1.82, 2.24) is 5.32 Å². The highest BCUT2D eigenvalue weighted by atomic mass is 35.5. The molecule has 0 fully saturated rings. The zero-order valence-corrected chi connectivity index (χ0v) is 13.7. The highest BCUT2D eigenvalue weighted by Crippen LogP contribution is 2.22. The number of anilines is 1. The SMILES string of the molecule is O=C(NCCCSc1ccc(F)cc1)Nc1ccc(F)cc1Cl. The van der Waals surface area contributed by atoms with Crippen LogP contribution in [-0.4, -0.2) is 18.3 Å². The summed E-state index contributed by atoms with van der Waals surface area (Å²) < 4.78 is 25.7. The lowest BCUT2D eigenvalue weighted by molar-refractivity contribution is 0.252. The average molecular weight is 357 g/mol. The number of nitrogens with one attached hydrogen (secondary N) is 2. The lowest BCUT2D eigenvalue weighted by Gasteiger charge is -2.09. The Hall–Kier alpha value is -1.79. The summed E-state index contributed by atoms with van der Waals surface area (Å²) in [4.78, 5) is 12.7. The van der Waals surface area contributed by atoms with Crippen LogP contribution in [-0.2, 0) is 0 Å². The molecule has 0 aliphatic heterocycles. The van der Waals surface area contributed by atoms with E-state index in [4.69, 9.17) is 11.6 Å². The lowest BCUT2D eigenvalue weighted by Crippen LogP contribution is -2.29. The number of thioether (sulfide) groups is 1. The Morgan fingerprint density at radius 3 is 2.48 bits per heavy atom. The first kappa shape index (κ1) is 17.6. The predicted molar refractivity (Wildman–Crippen MR) is 90.2 cm³/mol. The summed E-state index contributed by atoms with van der Waals surface area (Å²) in [5.74, 6) is 0.0781. The number of urea groups is 1. The van der Waals surface area contributed by atoms with E-state index in [0.717, 1.165) is 23.1 Å². The molecule has 0 unspecified atom stereocenters. The average Bonchev–Trinajstić information content (AvgIpc) is 2.51. The number of amides is 2. The first-order valence-electron chi connectivity index (χ1n) is 6.93. The van der Waals surface area contributed by atoms with Crippen molar-refractivity contribution < 1.29 is 13.6 Å². The van der Waals surface area contributed by atoms with Crippen LogP contribution < -0.4 is 10.6 Å². The molecule has 0 atom stereocenters. The molecule has 23 heavy (non-hydrogen) atoms. The highest BCUT2D eigenvalue weighted by Gasteiger charge is 2.06. The molecule has 0 aliphatic carbocycles. The van der Waals surface area contributed by atoms with Gasteiger partial charge in [-0.25, -0.2) is 13.6 Å². The van der Waals surface area contributed by atoms with Crippen molar-refractivity contribution >= 4 is 35.1 Å². The fraction of sp³-hybridized carbons (Fsp3) is 0.188. The maximum Gasteiger partial charge on any atom is 0.319 e. The van der Waals surface area contributed by atoms with Gasteiger partial charge in [0, 0.05) is 11.4 Å². The maximum absolute atomic E-state index is 12.9. The van der Waals surface area contributed by atoms with E-state index in [2.05, 4.69) is 10.6 Å². The van der Waals surface area contributed by atoms with Crippen LogP contribution in [0.4, 0.5) is 19.3 Å². The second-order valence-electron chi connectivity index (χ2n) is 4.66. The number of benzene rings is 2. The van der Waals surface area contributed by atoms with E-state index in [-0.39, 0.29) is 10.8 Å². The monoisotopic (exact) mass is 356 g/mol. The first-order valence-corrected chi connectivity index (χ1v) is 8.29. The van der Waals surface area contributed by atoms with Gasteiger partial charge in [0.2, 0.25) is 0 Å². The van der Waals surface area contributed by atoms with Crippen LogP contribution in [0.1, 0.15) is 6.42 Å². The normalized spacial score (nSPS) is 10.4. The van der Waals surface area contributed by atoms with Crippen LogP contribution >= 0.6 is 23.4 Å². The topological polar surface area (TPSA) is 41.1 Å².